The van der Waals surface area contributed by atoms with Gasteiger partial charge in [-0.1, -0.05) is 111 Å². The van der Waals surface area contributed by atoms with Crippen LogP contribution in [0.25, 0.3) is 0 Å². The molecule has 26 heteroatoms. The Hall–Kier alpha value is -7.71. The Morgan fingerprint density at radius 2 is 1.27 bits per heavy atom. The first-order chi connectivity index (χ1) is 45.9. The topological polar surface area (TPSA) is 333 Å². The molecule has 0 unspecified atom stereocenters. The molecule has 0 radical (unpaired) electrons. The summed E-state index contributed by atoms with van der Waals surface area (Å²) < 4.78 is 12.2. The number of ether oxygens (including phenoxy) is 2. The molecular weight excluding hydrogens is 1240 g/mol. The molecule has 2 aliphatic heterocycles. The van der Waals surface area contributed by atoms with Gasteiger partial charge in [-0.05, 0) is 106 Å². The SMILES string of the molecule is CC[C@H](C)[C@@H]([C@@H](CC(=O)N1CCC[C@H]1[C@H](OC)[C@@H](C)C(=O)N[C@@H](Cc1ccccc1)C(=O)NCc1ccc(NC(=O)[C@H](CCCNC(N)=O)NC(=O)[C@@H](NC(=O)CCC(=O)N2CCC(C(=O)N(C)CC)CC2)C(C)C)cc1)OC)N(C)C(=O)[C@@H](NC(=O)[C@H](C(C)C)N(C)C)C(C)C. The molecule has 97 heavy (non-hydrogen) atoms. The number of rotatable bonds is 38. The zero-order valence-corrected chi connectivity index (χ0v) is 60.5. The second-order valence-electron chi connectivity index (χ2n) is 27.4. The number of hydrogen-bond acceptors (Lipinski definition) is 14. The van der Waals surface area contributed by atoms with Crippen LogP contribution in [0.1, 0.15) is 145 Å². The predicted octanol–water partition coefficient (Wildman–Crippen LogP) is 4.19. The molecule has 2 heterocycles. The van der Waals surface area contributed by atoms with E-state index in [0.29, 0.717) is 69.5 Å². The number of urea groups is 1. The Morgan fingerprint density at radius 1 is 0.639 bits per heavy atom. The first kappa shape index (κ1) is 81.7. The fraction of sp³-hybridized carbons (Fsp3) is 0.676. The van der Waals surface area contributed by atoms with Gasteiger partial charge in [0.05, 0.1) is 42.7 Å². The number of hydrogen-bond donors (Lipinski definition) is 8. The second-order valence-corrected chi connectivity index (χ2v) is 27.4. The lowest BCUT2D eigenvalue weighted by Crippen LogP contribution is -2.59. The molecule has 2 aromatic carbocycles. The van der Waals surface area contributed by atoms with Crippen molar-refractivity contribution in [1.29, 1.82) is 0 Å². The van der Waals surface area contributed by atoms with Gasteiger partial charge in [0.2, 0.25) is 59.1 Å². The highest BCUT2D eigenvalue weighted by molar-refractivity contribution is 5.99. The third kappa shape index (κ3) is 24.7. The largest absolute Gasteiger partial charge is 0.379 e. The van der Waals surface area contributed by atoms with Crippen molar-refractivity contribution in [3.05, 3.63) is 65.7 Å². The number of nitrogens with two attached hydrogens (primary N) is 1. The zero-order chi connectivity index (χ0) is 72.4. The summed E-state index contributed by atoms with van der Waals surface area (Å²) in [5, 5.41) is 19.8. The Bertz CT molecular complexity index is 2900. The molecule has 4 rings (SSSR count). The van der Waals surface area contributed by atoms with Gasteiger partial charge in [-0.15, -0.1) is 0 Å². The number of likely N-dealkylation sites (tertiary alicyclic amines) is 2. The van der Waals surface area contributed by atoms with Crippen LogP contribution in [0.4, 0.5) is 10.5 Å². The fourth-order valence-electron chi connectivity index (χ4n) is 13.1. The number of likely N-dealkylation sites (N-methyl/N-ethyl adjacent to an activating group) is 2. The molecule has 2 aromatic rings. The minimum absolute atomic E-state index is 0.00638. The number of carbonyl (C=O) groups is 11. The molecular formula is C71H115N13O13. The van der Waals surface area contributed by atoms with Crippen molar-refractivity contribution >= 4 is 70.8 Å². The number of piperidine rings is 1. The number of carbonyl (C=O) groups excluding carboxylic acids is 11. The predicted molar refractivity (Wildman–Crippen MR) is 372 cm³/mol. The van der Waals surface area contributed by atoms with Gasteiger partial charge in [-0.3, -0.25) is 52.8 Å². The Morgan fingerprint density at radius 3 is 1.82 bits per heavy atom. The lowest BCUT2D eigenvalue weighted by molar-refractivity contribution is -0.148. The van der Waals surface area contributed by atoms with E-state index in [4.69, 9.17) is 15.2 Å². The van der Waals surface area contributed by atoms with E-state index in [1.54, 1.807) is 78.7 Å². The minimum atomic E-state index is -1.13. The van der Waals surface area contributed by atoms with Crippen molar-refractivity contribution < 1.29 is 62.2 Å². The summed E-state index contributed by atoms with van der Waals surface area (Å²) in [4.78, 5) is 158. The van der Waals surface area contributed by atoms with Crippen molar-refractivity contribution in [2.24, 2.45) is 41.2 Å². The van der Waals surface area contributed by atoms with Crippen molar-refractivity contribution in [2.45, 2.75) is 201 Å². The summed E-state index contributed by atoms with van der Waals surface area (Å²) >= 11 is 0. The van der Waals surface area contributed by atoms with Gasteiger partial charge >= 0.3 is 6.03 Å². The van der Waals surface area contributed by atoms with Crippen LogP contribution in [-0.2, 0) is 70.4 Å². The monoisotopic (exact) mass is 1360 g/mol. The van der Waals surface area contributed by atoms with E-state index in [1.165, 1.54) is 14.2 Å². The van der Waals surface area contributed by atoms with Crippen molar-refractivity contribution in [1.82, 2.24) is 56.4 Å². The molecule has 0 aliphatic carbocycles. The zero-order valence-electron chi connectivity index (χ0n) is 60.5. The van der Waals surface area contributed by atoms with Crippen molar-refractivity contribution in [3.8, 4) is 0 Å². The number of primary amides is 1. The summed E-state index contributed by atoms with van der Waals surface area (Å²) in [5.41, 5.74) is 7.09. The average Bonchev–Trinajstić information content (AvgIpc) is 1.78. The van der Waals surface area contributed by atoms with Crippen LogP contribution in [0.15, 0.2) is 54.6 Å². The number of amides is 12. The molecule has 2 fully saturated rings. The van der Waals surface area contributed by atoms with Gasteiger partial charge in [0.1, 0.15) is 24.2 Å². The van der Waals surface area contributed by atoms with Crippen LogP contribution in [-0.4, -0.2) is 219 Å². The Labute approximate surface area is 575 Å². The van der Waals surface area contributed by atoms with Crippen LogP contribution in [0.2, 0.25) is 0 Å². The summed E-state index contributed by atoms with van der Waals surface area (Å²) in [6.45, 7) is 20.8. The summed E-state index contributed by atoms with van der Waals surface area (Å²) in [6.07, 6.45) is 1.61. The molecule has 0 saturated carbocycles. The maximum atomic E-state index is 14.6. The van der Waals surface area contributed by atoms with Gasteiger partial charge < -0.3 is 72.0 Å². The van der Waals surface area contributed by atoms with E-state index in [0.717, 1.165) is 5.56 Å². The molecule has 0 spiro atoms. The van der Waals surface area contributed by atoms with Crippen molar-refractivity contribution in [3.63, 3.8) is 0 Å². The molecule has 2 aliphatic rings. The molecule has 2 saturated heterocycles. The van der Waals surface area contributed by atoms with Gasteiger partial charge in [-0.2, -0.15) is 0 Å². The standard InChI is InChI=1S/C71H115N13O13/c1-17-46(9)62(82(14)70(94)60(44(5)6)79-68(92)61(45(7)8)80(11)12)55(96-15)41-58(87)84-37-23-27-54(84)63(97-16)47(10)64(88)77-53(40-48-24-20-19-21-25-48)65(89)74-42-49-28-30-51(31-29-49)75-66(90)52(26-22-36-73-71(72)95)76-67(91)59(43(3)4)78-56(85)32-33-57(86)83-38-34-50(35-39-83)69(93)81(13)18-2/h19-21,24-25,28-31,43-47,50,52-55,59-63H,17-18,22-23,26-27,32-42H2,1-16H3,(H,74,89)(H,75,90)(H,76,91)(H,77,88)(H,78,85)(H,79,92)(H3,72,73,95)/t46-,47+,52-,53-,54-,55+,59-,60-,61-,62-,63+/m0/s1. The summed E-state index contributed by atoms with van der Waals surface area (Å²) in [7, 11) is 10.2. The lowest BCUT2D eigenvalue weighted by atomic mass is 9.89. The Balaban J connectivity index is 1.42. The van der Waals surface area contributed by atoms with Gasteiger partial charge in [0.15, 0.2) is 0 Å². The number of methoxy groups -OCH3 is 2. The van der Waals surface area contributed by atoms with E-state index in [-0.39, 0.29) is 105 Å². The molecule has 9 N–H and O–H groups in total. The van der Waals surface area contributed by atoms with Crippen LogP contribution in [0, 0.1) is 35.5 Å². The van der Waals surface area contributed by atoms with E-state index in [2.05, 4.69) is 37.2 Å². The number of anilines is 1. The maximum absolute atomic E-state index is 14.6. The molecule has 542 valence electrons. The number of benzene rings is 2. The fourth-order valence-corrected chi connectivity index (χ4v) is 13.1. The van der Waals surface area contributed by atoms with E-state index >= 15 is 0 Å². The third-order valence-electron chi connectivity index (χ3n) is 19.0. The smallest absolute Gasteiger partial charge is 0.312 e. The van der Waals surface area contributed by atoms with Crippen LogP contribution < -0.4 is 43.0 Å². The van der Waals surface area contributed by atoms with Crippen LogP contribution in [0.3, 0.4) is 0 Å². The van der Waals surface area contributed by atoms with Gasteiger partial charge in [0, 0.05) is 98.5 Å². The van der Waals surface area contributed by atoms with Crippen LogP contribution in [0.5, 0.6) is 0 Å². The van der Waals surface area contributed by atoms with E-state index in [1.807, 2.05) is 97.8 Å². The van der Waals surface area contributed by atoms with Crippen LogP contribution >= 0.6 is 0 Å². The normalized spacial score (nSPS) is 17.3. The summed E-state index contributed by atoms with van der Waals surface area (Å²) in [6, 6.07) is 9.59. The lowest BCUT2D eigenvalue weighted by Gasteiger charge is -2.41. The molecule has 26 nitrogen and oxygen atoms in total. The first-order valence-corrected chi connectivity index (χ1v) is 34.7. The highest BCUT2D eigenvalue weighted by Crippen LogP contribution is 2.30. The number of nitrogens with one attached hydrogen (secondary N) is 7. The highest BCUT2D eigenvalue weighted by atomic mass is 16.5. The molecule has 0 bridgehead atoms. The molecule has 0 aromatic heterocycles. The molecule has 11 atom stereocenters. The maximum Gasteiger partial charge on any atom is 0.312 e. The minimum Gasteiger partial charge on any atom is -0.379 e. The Kier molecular flexibility index (Phi) is 33.9. The van der Waals surface area contributed by atoms with Gasteiger partial charge in [-0.25, -0.2) is 4.79 Å². The third-order valence-corrected chi connectivity index (χ3v) is 19.0. The van der Waals surface area contributed by atoms with E-state index in [9.17, 15) is 52.7 Å². The molecule has 12 amide bonds. The number of nitrogens with zero attached hydrogens (tertiary/aromatic N) is 5. The summed E-state index contributed by atoms with van der Waals surface area (Å²) in [5.74, 6) is -5.34. The van der Waals surface area contributed by atoms with Crippen molar-refractivity contribution in [2.75, 3.05) is 80.5 Å². The van der Waals surface area contributed by atoms with Gasteiger partial charge in [0.25, 0.3) is 0 Å². The van der Waals surface area contributed by atoms with E-state index < -0.39 is 102 Å². The average molecular weight is 1360 g/mol. The second kappa shape index (κ2) is 40.2. The first-order valence-electron chi connectivity index (χ1n) is 34.7. The quantitative estimate of drug-likeness (QED) is 0.0438. The highest BCUT2D eigenvalue weighted by Gasteiger charge is 2.44.